The first kappa shape index (κ1) is 20.9. The molecule has 4 atom stereocenters. The van der Waals surface area contributed by atoms with Gasteiger partial charge in [0, 0.05) is 23.3 Å². The first-order chi connectivity index (χ1) is 15.6. The van der Waals surface area contributed by atoms with Gasteiger partial charge >= 0.3 is 0 Å². The molecule has 9 N–H and O–H groups in total. The highest BCUT2D eigenvalue weighted by Crippen LogP contribution is 2.52. The number of benzene rings is 1. The van der Waals surface area contributed by atoms with Crippen molar-refractivity contribution in [2.45, 2.75) is 24.5 Å². The van der Waals surface area contributed by atoms with Crippen LogP contribution in [0, 0.1) is 11.8 Å². The number of carbonyl (C=O) groups excluding carboxylic acids is 3. The molecule has 1 aromatic carbocycles. The lowest BCUT2D eigenvalue weighted by atomic mass is 9.57. The Kier molecular flexibility index (Phi) is 4.29. The third kappa shape index (κ3) is 2.57. The highest BCUT2D eigenvalue weighted by molar-refractivity contribution is 6.24. The van der Waals surface area contributed by atoms with Gasteiger partial charge in [-0.15, -0.1) is 0 Å². The molecule has 3 aliphatic rings. The molecule has 5 rings (SSSR count). The van der Waals surface area contributed by atoms with Gasteiger partial charge in [0.15, 0.2) is 11.4 Å². The zero-order valence-electron chi connectivity index (χ0n) is 17.1. The average molecular weight is 452 g/mol. The fourth-order valence-electron chi connectivity index (χ4n) is 5.38. The predicted octanol–water partition coefficient (Wildman–Crippen LogP) is -0.249. The van der Waals surface area contributed by atoms with Crippen LogP contribution in [0.25, 0.3) is 17.0 Å². The van der Waals surface area contributed by atoms with Crippen LogP contribution in [0.5, 0.6) is 5.75 Å². The number of primary amides is 1. The maximum absolute atomic E-state index is 13.5. The third-order valence-electron chi connectivity index (χ3n) is 6.93. The van der Waals surface area contributed by atoms with Crippen molar-refractivity contribution < 1.29 is 34.8 Å². The second-order valence-corrected chi connectivity index (χ2v) is 8.54. The zero-order valence-corrected chi connectivity index (χ0v) is 17.1. The summed E-state index contributed by atoms with van der Waals surface area (Å²) in [5, 5.41) is 50.2. The molecule has 3 aliphatic carbocycles. The van der Waals surface area contributed by atoms with Crippen molar-refractivity contribution in [1.29, 1.82) is 0 Å². The second-order valence-electron chi connectivity index (χ2n) is 8.54. The minimum Gasteiger partial charge on any atom is -0.508 e. The summed E-state index contributed by atoms with van der Waals surface area (Å²) in [6, 6.07) is 3.23. The molecule has 4 unspecified atom stereocenters. The smallest absolute Gasteiger partial charge is 0.255 e. The van der Waals surface area contributed by atoms with Gasteiger partial charge in [-0.3, -0.25) is 19.5 Å². The van der Waals surface area contributed by atoms with Crippen LogP contribution < -0.4 is 11.5 Å². The van der Waals surface area contributed by atoms with Crippen LogP contribution in [0.15, 0.2) is 41.3 Å². The number of aromatic hydroxyl groups is 1. The van der Waals surface area contributed by atoms with E-state index in [4.69, 9.17) is 11.5 Å². The molecule has 2 aromatic rings. The number of fused-ring (bicyclic) bond motifs is 3. The van der Waals surface area contributed by atoms with Gasteiger partial charge in [0.1, 0.15) is 22.8 Å². The molecule has 11 nitrogen and oxygen atoms in total. The normalized spacial score (nSPS) is 29.0. The molecular weight excluding hydrogens is 432 g/mol. The Morgan fingerprint density at radius 1 is 1.18 bits per heavy atom. The van der Waals surface area contributed by atoms with Crippen molar-refractivity contribution in [2.75, 3.05) is 0 Å². The number of phenols is 1. The number of H-pyrrole nitrogens is 1. The molecular formula is C22H20N4O7. The fraction of sp³-hybridized carbons (Fsp3) is 0.273. The summed E-state index contributed by atoms with van der Waals surface area (Å²) in [5.41, 5.74) is 9.12. The quantitative estimate of drug-likeness (QED) is 0.299. The van der Waals surface area contributed by atoms with Crippen molar-refractivity contribution in [2.24, 2.45) is 23.3 Å². The van der Waals surface area contributed by atoms with Crippen LogP contribution in [-0.4, -0.2) is 59.7 Å². The summed E-state index contributed by atoms with van der Waals surface area (Å²) in [6.45, 7) is 0. The summed E-state index contributed by atoms with van der Waals surface area (Å²) in [4.78, 5) is 37.9. The largest absolute Gasteiger partial charge is 0.508 e. The highest BCUT2D eigenvalue weighted by atomic mass is 16.3. The third-order valence-corrected chi connectivity index (χ3v) is 6.93. The maximum Gasteiger partial charge on any atom is 0.255 e. The minimum atomic E-state index is -2.72. The van der Waals surface area contributed by atoms with Crippen LogP contribution >= 0.6 is 0 Å². The average Bonchev–Trinajstić information content (AvgIpc) is 3.29. The number of aromatic amines is 1. The van der Waals surface area contributed by atoms with Crippen molar-refractivity contribution >= 4 is 23.2 Å². The van der Waals surface area contributed by atoms with Gasteiger partial charge in [0.05, 0.1) is 17.3 Å². The molecule has 1 aromatic heterocycles. The highest BCUT2D eigenvalue weighted by Gasteiger charge is 2.63. The Balaban J connectivity index is 1.74. The number of carbonyl (C=O) groups is 3. The topological polar surface area (TPSA) is 213 Å². The molecule has 0 radical (unpaired) electrons. The summed E-state index contributed by atoms with van der Waals surface area (Å²) in [6.07, 6.45) is 1.66. The lowest BCUT2D eigenvalue weighted by Crippen LogP contribution is -2.65. The lowest BCUT2D eigenvalue weighted by molar-refractivity contribution is -0.149. The van der Waals surface area contributed by atoms with E-state index in [1.807, 2.05) is 0 Å². The number of ketones is 2. The van der Waals surface area contributed by atoms with Gasteiger partial charge in [0.2, 0.25) is 5.78 Å². The Morgan fingerprint density at radius 2 is 1.91 bits per heavy atom. The standard InChI is InChI=1S/C22H20N4O7/c23-16-10-6-7-5-9-8(11-3-4-25-26-11)1-2-12(27)14(9)17(28)13(7)19(30)22(10,33)20(31)15(18(16)29)21(24)32/h1-4,7,10,16,27-28,31,33H,5-6,23H2,(H2,24,32)(H,25,26). The number of hydrogen-bond donors (Lipinski definition) is 7. The number of Topliss-reactive ketones (excluding diaryl/α,β-unsaturated/α-hetero) is 2. The predicted molar refractivity (Wildman–Crippen MR) is 112 cm³/mol. The Labute approximate surface area is 186 Å². The van der Waals surface area contributed by atoms with E-state index in [0.717, 1.165) is 0 Å². The number of aromatic nitrogens is 2. The SMILES string of the molecule is NC(=O)C1=C(O)C2(O)C(=O)C3=C(O)c4c(O)ccc(-c5ccn[nH]5)c4CC3CC2C(N)C1=O. The van der Waals surface area contributed by atoms with Gasteiger partial charge in [-0.2, -0.15) is 5.10 Å². The molecule has 0 spiro atoms. The number of nitrogens with one attached hydrogen (secondary N) is 1. The van der Waals surface area contributed by atoms with E-state index in [1.165, 1.54) is 6.07 Å². The molecule has 0 bridgehead atoms. The first-order valence-electron chi connectivity index (χ1n) is 10.2. The molecule has 1 amide bonds. The zero-order chi connectivity index (χ0) is 23.8. The number of phenolic OH excluding ortho intramolecular Hbond substituents is 1. The van der Waals surface area contributed by atoms with E-state index >= 15 is 0 Å². The van der Waals surface area contributed by atoms with Crippen molar-refractivity contribution in [3.63, 3.8) is 0 Å². The van der Waals surface area contributed by atoms with Crippen molar-refractivity contribution in [3.8, 4) is 17.0 Å². The number of rotatable bonds is 2. The van der Waals surface area contributed by atoms with Gasteiger partial charge in [0.25, 0.3) is 5.91 Å². The second kappa shape index (κ2) is 6.77. The number of nitrogens with zero attached hydrogens (tertiary/aromatic N) is 1. The van der Waals surface area contributed by atoms with E-state index in [-0.39, 0.29) is 29.7 Å². The molecule has 1 saturated carbocycles. The number of aliphatic hydroxyl groups is 3. The van der Waals surface area contributed by atoms with E-state index in [2.05, 4.69) is 10.2 Å². The Morgan fingerprint density at radius 3 is 2.55 bits per heavy atom. The molecule has 33 heavy (non-hydrogen) atoms. The molecule has 0 aliphatic heterocycles. The van der Waals surface area contributed by atoms with E-state index in [9.17, 15) is 34.8 Å². The Bertz CT molecular complexity index is 1310. The van der Waals surface area contributed by atoms with Crippen LogP contribution in [0.2, 0.25) is 0 Å². The number of amides is 1. The Hall–Kier alpha value is -3.96. The minimum absolute atomic E-state index is 0.0125. The van der Waals surface area contributed by atoms with E-state index < -0.39 is 58.0 Å². The van der Waals surface area contributed by atoms with Crippen molar-refractivity contribution in [3.05, 3.63) is 52.4 Å². The number of hydrogen-bond acceptors (Lipinski definition) is 9. The molecule has 1 heterocycles. The summed E-state index contributed by atoms with van der Waals surface area (Å²) >= 11 is 0. The summed E-state index contributed by atoms with van der Waals surface area (Å²) in [5.74, 6) is -7.34. The summed E-state index contributed by atoms with van der Waals surface area (Å²) < 4.78 is 0. The van der Waals surface area contributed by atoms with Crippen LogP contribution in [0.3, 0.4) is 0 Å². The fourth-order valence-corrected chi connectivity index (χ4v) is 5.38. The van der Waals surface area contributed by atoms with Crippen LogP contribution in [0.1, 0.15) is 17.5 Å². The van der Waals surface area contributed by atoms with Gasteiger partial charge in [-0.05, 0) is 42.5 Å². The van der Waals surface area contributed by atoms with Gasteiger partial charge in [-0.25, -0.2) is 0 Å². The lowest BCUT2D eigenvalue weighted by Gasteiger charge is -2.48. The van der Waals surface area contributed by atoms with E-state index in [0.29, 0.717) is 16.8 Å². The van der Waals surface area contributed by atoms with Crippen molar-refractivity contribution in [1.82, 2.24) is 10.2 Å². The molecule has 0 saturated heterocycles. The van der Waals surface area contributed by atoms with Gasteiger partial charge < -0.3 is 31.9 Å². The number of nitrogens with two attached hydrogens (primary N) is 2. The summed E-state index contributed by atoms with van der Waals surface area (Å²) in [7, 11) is 0. The maximum atomic E-state index is 13.5. The van der Waals surface area contributed by atoms with E-state index in [1.54, 1.807) is 18.3 Å². The monoisotopic (exact) mass is 452 g/mol. The molecule has 11 heteroatoms. The first-order valence-corrected chi connectivity index (χ1v) is 10.2. The molecule has 170 valence electrons. The van der Waals surface area contributed by atoms with Crippen LogP contribution in [-0.2, 0) is 20.8 Å². The van der Waals surface area contributed by atoms with Gasteiger partial charge in [-0.1, -0.05) is 0 Å². The number of aliphatic hydroxyl groups excluding tert-OH is 2. The molecule has 1 fully saturated rings. The van der Waals surface area contributed by atoms with Crippen LogP contribution in [0.4, 0.5) is 0 Å².